The highest BCUT2D eigenvalue weighted by Crippen LogP contribution is 2.22. The molecule has 0 fully saturated rings. The van der Waals surface area contributed by atoms with Crippen LogP contribution in [0.15, 0.2) is 6.07 Å². The topological polar surface area (TPSA) is 49.8 Å². The Labute approximate surface area is 124 Å². The smallest absolute Gasteiger partial charge is 0.263 e. The molecular weight excluding hydrogens is 274 g/mol. The Hall–Kier alpha value is -1.35. The van der Waals surface area contributed by atoms with Crippen molar-refractivity contribution in [2.45, 2.75) is 26.9 Å². The number of nitrogens with zero attached hydrogens (tertiary/aromatic N) is 1. The van der Waals surface area contributed by atoms with Crippen molar-refractivity contribution in [1.82, 2.24) is 4.90 Å². The summed E-state index contributed by atoms with van der Waals surface area (Å²) in [6, 6.07) is 1.84. The number of carbonyl (C=O) groups is 1. The van der Waals surface area contributed by atoms with Crippen LogP contribution in [0.5, 0.6) is 0 Å². The number of rotatable bonds is 5. The molecule has 20 heavy (non-hydrogen) atoms. The number of aliphatic hydroxyl groups is 1. The molecule has 1 aromatic rings. The lowest BCUT2D eigenvalue weighted by Crippen LogP contribution is -2.30. The average molecular weight is 295 g/mol. The zero-order valence-electron chi connectivity index (χ0n) is 12.4. The molecule has 5 heteroatoms. The number of amides is 1. The van der Waals surface area contributed by atoms with Gasteiger partial charge in [-0.1, -0.05) is 11.8 Å². The van der Waals surface area contributed by atoms with Crippen LogP contribution in [-0.4, -0.2) is 48.8 Å². The third-order valence-corrected chi connectivity index (χ3v) is 3.77. The predicted molar refractivity (Wildman–Crippen MR) is 81.1 cm³/mol. The van der Waals surface area contributed by atoms with E-state index < -0.39 is 0 Å². The Morgan fingerprint density at radius 1 is 1.55 bits per heavy atom. The Balaban J connectivity index is 2.67. The largest absolute Gasteiger partial charge is 0.384 e. The summed E-state index contributed by atoms with van der Waals surface area (Å²) in [7, 11) is 1.76. The minimum absolute atomic E-state index is 0.0255. The Kier molecular flexibility index (Phi) is 6.73. The Morgan fingerprint density at radius 2 is 2.25 bits per heavy atom. The summed E-state index contributed by atoms with van der Waals surface area (Å²) in [5, 5.41) is 8.71. The van der Waals surface area contributed by atoms with Gasteiger partial charge >= 0.3 is 0 Å². The van der Waals surface area contributed by atoms with Gasteiger partial charge in [-0.05, 0) is 32.4 Å². The van der Waals surface area contributed by atoms with Crippen molar-refractivity contribution in [2.24, 2.45) is 0 Å². The minimum atomic E-state index is -0.174. The van der Waals surface area contributed by atoms with Crippen LogP contribution in [-0.2, 0) is 4.74 Å². The molecule has 110 valence electrons. The van der Waals surface area contributed by atoms with E-state index in [1.165, 1.54) is 11.3 Å². The van der Waals surface area contributed by atoms with Gasteiger partial charge in [-0.15, -0.1) is 11.3 Å². The summed E-state index contributed by atoms with van der Waals surface area (Å²) >= 11 is 1.36. The molecule has 0 spiro atoms. The highest BCUT2D eigenvalue weighted by molar-refractivity contribution is 7.14. The van der Waals surface area contributed by atoms with Crippen LogP contribution >= 0.6 is 11.3 Å². The molecule has 0 aliphatic heterocycles. The van der Waals surface area contributed by atoms with Gasteiger partial charge < -0.3 is 14.7 Å². The number of aliphatic hydroxyl groups excluding tert-OH is 1. The van der Waals surface area contributed by atoms with Crippen molar-refractivity contribution in [1.29, 1.82) is 0 Å². The molecule has 0 saturated carbocycles. The standard InChI is InChI=1S/C15H21NO3S/c1-11(2)19-9-7-16(4)15(18)14-10-12(3)13(20-14)6-5-8-17/h10-11,17H,7-9H2,1-4H3. The lowest BCUT2D eigenvalue weighted by molar-refractivity contribution is 0.0534. The second-order valence-electron chi connectivity index (χ2n) is 4.73. The van der Waals surface area contributed by atoms with Crippen LogP contribution in [0.25, 0.3) is 0 Å². The van der Waals surface area contributed by atoms with E-state index in [1.54, 1.807) is 11.9 Å². The second kappa shape index (κ2) is 8.05. The molecule has 1 amide bonds. The average Bonchev–Trinajstić information content (AvgIpc) is 2.76. The van der Waals surface area contributed by atoms with E-state index in [2.05, 4.69) is 11.8 Å². The van der Waals surface area contributed by atoms with E-state index >= 15 is 0 Å². The first-order valence-electron chi connectivity index (χ1n) is 6.53. The van der Waals surface area contributed by atoms with Gasteiger partial charge in [0.1, 0.15) is 6.61 Å². The van der Waals surface area contributed by atoms with Gasteiger partial charge in [-0.25, -0.2) is 0 Å². The SMILES string of the molecule is Cc1cc(C(=O)N(C)CCOC(C)C)sc1C#CCO. The number of thiophene rings is 1. The van der Waals surface area contributed by atoms with Crippen molar-refractivity contribution in [2.75, 3.05) is 26.8 Å². The van der Waals surface area contributed by atoms with E-state index in [4.69, 9.17) is 9.84 Å². The van der Waals surface area contributed by atoms with Gasteiger partial charge in [0.2, 0.25) is 0 Å². The number of likely N-dealkylation sites (N-methyl/N-ethyl adjacent to an activating group) is 1. The molecule has 0 bridgehead atoms. The van der Waals surface area contributed by atoms with E-state index in [1.807, 2.05) is 26.8 Å². The first-order chi connectivity index (χ1) is 9.45. The minimum Gasteiger partial charge on any atom is -0.384 e. The summed E-state index contributed by atoms with van der Waals surface area (Å²) in [4.78, 5) is 15.4. The molecule has 0 aliphatic rings. The summed E-state index contributed by atoms with van der Waals surface area (Å²) in [6.45, 7) is 6.77. The quantitative estimate of drug-likeness (QED) is 0.844. The normalized spacial score (nSPS) is 10.3. The van der Waals surface area contributed by atoms with Crippen LogP contribution in [0.3, 0.4) is 0 Å². The molecule has 0 aromatic carbocycles. The Morgan fingerprint density at radius 3 is 2.85 bits per heavy atom. The van der Waals surface area contributed by atoms with E-state index in [0.717, 1.165) is 10.4 Å². The first-order valence-corrected chi connectivity index (χ1v) is 7.34. The zero-order chi connectivity index (χ0) is 15.1. The van der Waals surface area contributed by atoms with Crippen LogP contribution in [0, 0.1) is 18.8 Å². The van der Waals surface area contributed by atoms with E-state index in [0.29, 0.717) is 18.0 Å². The van der Waals surface area contributed by atoms with Crippen molar-refractivity contribution >= 4 is 17.2 Å². The van der Waals surface area contributed by atoms with Crippen molar-refractivity contribution in [3.05, 3.63) is 21.4 Å². The van der Waals surface area contributed by atoms with E-state index in [9.17, 15) is 4.79 Å². The van der Waals surface area contributed by atoms with Crippen molar-refractivity contribution in [3.8, 4) is 11.8 Å². The monoisotopic (exact) mass is 295 g/mol. The lowest BCUT2D eigenvalue weighted by atomic mass is 10.2. The van der Waals surface area contributed by atoms with Gasteiger partial charge in [0.25, 0.3) is 5.91 Å². The molecule has 0 unspecified atom stereocenters. The zero-order valence-corrected chi connectivity index (χ0v) is 13.2. The number of ether oxygens (including phenoxy) is 1. The molecule has 1 N–H and O–H groups in total. The molecule has 0 atom stereocenters. The van der Waals surface area contributed by atoms with Crippen molar-refractivity contribution in [3.63, 3.8) is 0 Å². The number of aryl methyl sites for hydroxylation is 1. The summed E-state index contributed by atoms with van der Waals surface area (Å²) < 4.78 is 5.44. The summed E-state index contributed by atoms with van der Waals surface area (Å²) in [6.07, 6.45) is 0.169. The summed E-state index contributed by atoms with van der Waals surface area (Å²) in [5.74, 6) is 5.44. The molecule has 0 saturated heterocycles. The van der Waals surface area contributed by atoms with Crippen LogP contribution in [0.1, 0.15) is 34.0 Å². The Bertz CT molecular complexity index is 511. The number of hydrogen-bond acceptors (Lipinski definition) is 4. The molecule has 1 aromatic heterocycles. The van der Waals surface area contributed by atoms with Crippen LogP contribution in [0.4, 0.5) is 0 Å². The third-order valence-electron chi connectivity index (χ3n) is 2.63. The highest BCUT2D eigenvalue weighted by Gasteiger charge is 2.15. The van der Waals surface area contributed by atoms with E-state index in [-0.39, 0.29) is 18.6 Å². The predicted octanol–water partition coefficient (Wildman–Crippen LogP) is 1.90. The van der Waals surface area contributed by atoms with Crippen LogP contribution < -0.4 is 0 Å². The highest BCUT2D eigenvalue weighted by atomic mass is 32.1. The molecule has 0 radical (unpaired) electrons. The fourth-order valence-electron chi connectivity index (χ4n) is 1.55. The van der Waals surface area contributed by atoms with Gasteiger partial charge in [0.05, 0.1) is 22.5 Å². The van der Waals surface area contributed by atoms with Crippen molar-refractivity contribution < 1.29 is 14.6 Å². The lowest BCUT2D eigenvalue weighted by Gasteiger charge is -2.17. The molecule has 1 rings (SSSR count). The number of carbonyl (C=O) groups excluding carboxylic acids is 1. The molecular formula is C15H21NO3S. The fourth-order valence-corrected chi connectivity index (χ4v) is 2.59. The maximum Gasteiger partial charge on any atom is 0.263 e. The van der Waals surface area contributed by atoms with Gasteiger partial charge in [0, 0.05) is 13.6 Å². The molecule has 0 aliphatic carbocycles. The maximum atomic E-state index is 12.2. The molecule has 1 heterocycles. The third kappa shape index (κ3) is 4.97. The maximum absolute atomic E-state index is 12.2. The molecule has 4 nitrogen and oxygen atoms in total. The van der Waals surface area contributed by atoms with Crippen LogP contribution in [0.2, 0.25) is 0 Å². The fraction of sp³-hybridized carbons (Fsp3) is 0.533. The number of hydrogen-bond donors (Lipinski definition) is 1. The summed E-state index contributed by atoms with van der Waals surface area (Å²) in [5.41, 5.74) is 0.964. The van der Waals surface area contributed by atoms with Gasteiger partial charge in [-0.2, -0.15) is 0 Å². The van der Waals surface area contributed by atoms with Gasteiger partial charge in [0.15, 0.2) is 0 Å². The first kappa shape index (κ1) is 16.7. The van der Waals surface area contributed by atoms with Gasteiger partial charge in [-0.3, -0.25) is 4.79 Å². The second-order valence-corrected chi connectivity index (χ2v) is 5.78.